The number of carbonyl (C=O) groups is 1. The fourth-order valence-corrected chi connectivity index (χ4v) is 2.76. The van der Waals surface area contributed by atoms with Gasteiger partial charge < -0.3 is 11.1 Å². The Morgan fingerprint density at radius 1 is 1.47 bits per heavy atom. The highest BCUT2D eigenvalue weighted by molar-refractivity contribution is 5.82. The Morgan fingerprint density at radius 3 is 2.40 bits per heavy atom. The van der Waals surface area contributed by atoms with Gasteiger partial charge in [-0.05, 0) is 38.0 Å². The summed E-state index contributed by atoms with van der Waals surface area (Å²) in [6.45, 7) is 4.36. The molecule has 0 bridgehead atoms. The van der Waals surface area contributed by atoms with Gasteiger partial charge in [-0.3, -0.25) is 4.79 Å². The standard InChI is InChI=1S/C12H24N2O/c1-9(2)8-12(11(15)14-3)6-4-10(13)5-7-12/h9-10H,4-8,13H2,1-3H3,(H,14,15). The van der Waals surface area contributed by atoms with Gasteiger partial charge in [-0.1, -0.05) is 13.8 Å². The first-order chi connectivity index (χ1) is 7.00. The lowest BCUT2D eigenvalue weighted by molar-refractivity contribution is -0.133. The number of nitrogens with one attached hydrogen (secondary N) is 1. The summed E-state index contributed by atoms with van der Waals surface area (Å²) < 4.78 is 0. The van der Waals surface area contributed by atoms with E-state index in [9.17, 15) is 4.79 Å². The molecule has 1 saturated carbocycles. The quantitative estimate of drug-likeness (QED) is 0.747. The molecule has 0 unspecified atom stereocenters. The Bertz CT molecular complexity index is 218. The van der Waals surface area contributed by atoms with Crippen molar-refractivity contribution in [1.82, 2.24) is 5.32 Å². The summed E-state index contributed by atoms with van der Waals surface area (Å²) in [7, 11) is 1.74. The molecule has 0 atom stereocenters. The zero-order valence-electron chi connectivity index (χ0n) is 10.2. The van der Waals surface area contributed by atoms with E-state index in [-0.39, 0.29) is 11.3 Å². The van der Waals surface area contributed by atoms with Gasteiger partial charge in [0.2, 0.25) is 5.91 Å². The fourth-order valence-electron chi connectivity index (χ4n) is 2.76. The molecular weight excluding hydrogens is 188 g/mol. The zero-order valence-corrected chi connectivity index (χ0v) is 10.2. The largest absolute Gasteiger partial charge is 0.359 e. The lowest BCUT2D eigenvalue weighted by Crippen LogP contribution is -2.45. The summed E-state index contributed by atoms with van der Waals surface area (Å²) in [4.78, 5) is 12.0. The van der Waals surface area contributed by atoms with Crippen molar-refractivity contribution >= 4 is 5.91 Å². The second-order valence-electron chi connectivity index (χ2n) is 5.29. The van der Waals surface area contributed by atoms with Crippen molar-refractivity contribution in [1.29, 1.82) is 0 Å². The third-order valence-corrected chi connectivity index (χ3v) is 3.50. The van der Waals surface area contributed by atoms with Crippen LogP contribution in [0.4, 0.5) is 0 Å². The van der Waals surface area contributed by atoms with E-state index in [0.29, 0.717) is 12.0 Å². The third kappa shape index (κ3) is 2.94. The van der Waals surface area contributed by atoms with E-state index in [0.717, 1.165) is 32.1 Å². The topological polar surface area (TPSA) is 55.1 Å². The molecule has 0 heterocycles. The molecule has 3 nitrogen and oxygen atoms in total. The molecule has 0 spiro atoms. The van der Waals surface area contributed by atoms with Gasteiger partial charge in [0.15, 0.2) is 0 Å². The molecule has 88 valence electrons. The normalized spacial score (nSPS) is 31.7. The molecule has 1 rings (SSSR count). The van der Waals surface area contributed by atoms with Crippen LogP contribution in [0, 0.1) is 11.3 Å². The van der Waals surface area contributed by atoms with Crippen LogP contribution < -0.4 is 11.1 Å². The maximum absolute atomic E-state index is 12.0. The second-order valence-corrected chi connectivity index (χ2v) is 5.29. The maximum atomic E-state index is 12.0. The molecule has 0 saturated heterocycles. The van der Waals surface area contributed by atoms with Gasteiger partial charge in [0.25, 0.3) is 0 Å². The predicted octanol–water partition coefficient (Wildman–Crippen LogP) is 1.67. The van der Waals surface area contributed by atoms with Crippen LogP contribution in [-0.2, 0) is 4.79 Å². The number of nitrogens with two attached hydrogens (primary N) is 1. The number of hydrogen-bond donors (Lipinski definition) is 2. The third-order valence-electron chi connectivity index (χ3n) is 3.50. The van der Waals surface area contributed by atoms with Crippen molar-refractivity contribution < 1.29 is 4.79 Å². The maximum Gasteiger partial charge on any atom is 0.225 e. The van der Waals surface area contributed by atoms with Crippen LogP contribution in [0.5, 0.6) is 0 Å². The van der Waals surface area contributed by atoms with Crippen molar-refractivity contribution in [2.45, 2.75) is 52.0 Å². The number of carbonyl (C=O) groups excluding carboxylic acids is 1. The molecule has 0 radical (unpaired) electrons. The van der Waals surface area contributed by atoms with Gasteiger partial charge in [0.05, 0.1) is 0 Å². The molecule has 3 N–H and O–H groups in total. The minimum Gasteiger partial charge on any atom is -0.359 e. The Kier molecular flexibility index (Phi) is 4.14. The predicted molar refractivity (Wildman–Crippen MR) is 62.4 cm³/mol. The Labute approximate surface area is 92.8 Å². The van der Waals surface area contributed by atoms with E-state index >= 15 is 0 Å². The molecular formula is C12H24N2O. The summed E-state index contributed by atoms with van der Waals surface area (Å²) in [6, 6.07) is 0.301. The molecule has 0 aromatic rings. The Morgan fingerprint density at radius 2 is 2.00 bits per heavy atom. The molecule has 1 fully saturated rings. The molecule has 15 heavy (non-hydrogen) atoms. The van der Waals surface area contributed by atoms with Crippen LogP contribution in [0.3, 0.4) is 0 Å². The van der Waals surface area contributed by atoms with E-state index in [1.54, 1.807) is 7.05 Å². The van der Waals surface area contributed by atoms with Gasteiger partial charge in [0, 0.05) is 18.5 Å². The number of rotatable bonds is 3. The van der Waals surface area contributed by atoms with E-state index in [1.807, 2.05) is 0 Å². The average molecular weight is 212 g/mol. The smallest absolute Gasteiger partial charge is 0.225 e. The lowest BCUT2D eigenvalue weighted by atomic mass is 9.67. The van der Waals surface area contributed by atoms with Gasteiger partial charge in [-0.15, -0.1) is 0 Å². The average Bonchev–Trinajstić information content (AvgIpc) is 2.20. The van der Waals surface area contributed by atoms with Gasteiger partial charge >= 0.3 is 0 Å². The first-order valence-electron chi connectivity index (χ1n) is 5.98. The summed E-state index contributed by atoms with van der Waals surface area (Å²) in [5.74, 6) is 0.778. The highest BCUT2D eigenvalue weighted by Gasteiger charge is 2.40. The Balaban J connectivity index is 2.73. The van der Waals surface area contributed by atoms with Crippen molar-refractivity contribution in [2.24, 2.45) is 17.1 Å². The molecule has 1 aliphatic carbocycles. The van der Waals surface area contributed by atoms with Gasteiger partial charge in [0.1, 0.15) is 0 Å². The van der Waals surface area contributed by atoms with Crippen LogP contribution in [0.1, 0.15) is 46.0 Å². The molecule has 1 aliphatic rings. The lowest BCUT2D eigenvalue weighted by Gasteiger charge is -2.38. The zero-order chi connectivity index (χ0) is 11.5. The SMILES string of the molecule is CNC(=O)C1(CC(C)C)CCC(N)CC1. The van der Waals surface area contributed by atoms with Crippen LogP contribution in [0.15, 0.2) is 0 Å². The molecule has 0 aromatic carbocycles. The highest BCUT2D eigenvalue weighted by Crippen LogP contribution is 2.41. The summed E-state index contributed by atoms with van der Waals surface area (Å²) in [5.41, 5.74) is 5.76. The Hall–Kier alpha value is -0.570. The molecule has 0 aliphatic heterocycles. The minimum atomic E-state index is -0.140. The second kappa shape index (κ2) is 4.97. The van der Waals surface area contributed by atoms with E-state index in [4.69, 9.17) is 5.73 Å². The van der Waals surface area contributed by atoms with Crippen LogP contribution >= 0.6 is 0 Å². The first-order valence-corrected chi connectivity index (χ1v) is 5.98. The van der Waals surface area contributed by atoms with Crippen LogP contribution in [-0.4, -0.2) is 19.0 Å². The molecule has 0 aromatic heterocycles. The summed E-state index contributed by atoms with van der Waals surface area (Å²) >= 11 is 0. The molecule has 1 amide bonds. The van der Waals surface area contributed by atoms with E-state index < -0.39 is 0 Å². The number of hydrogen-bond acceptors (Lipinski definition) is 2. The first kappa shape index (κ1) is 12.5. The summed E-state index contributed by atoms with van der Waals surface area (Å²) in [5, 5.41) is 2.82. The fraction of sp³-hybridized carbons (Fsp3) is 0.917. The minimum absolute atomic E-state index is 0.140. The van der Waals surface area contributed by atoms with Crippen molar-refractivity contribution in [2.75, 3.05) is 7.05 Å². The summed E-state index contributed by atoms with van der Waals surface area (Å²) in [6.07, 6.45) is 4.86. The van der Waals surface area contributed by atoms with Gasteiger partial charge in [-0.25, -0.2) is 0 Å². The van der Waals surface area contributed by atoms with Crippen LogP contribution in [0.25, 0.3) is 0 Å². The number of amides is 1. The van der Waals surface area contributed by atoms with E-state index in [2.05, 4.69) is 19.2 Å². The monoisotopic (exact) mass is 212 g/mol. The van der Waals surface area contributed by atoms with Gasteiger partial charge in [-0.2, -0.15) is 0 Å². The van der Waals surface area contributed by atoms with Crippen molar-refractivity contribution in [3.8, 4) is 0 Å². The van der Waals surface area contributed by atoms with Crippen LogP contribution in [0.2, 0.25) is 0 Å². The van der Waals surface area contributed by atoms with Crippen molar-refractivity contribution in [3.63, 3.8) is 0 Å². The molecule has 3 heteroatoms. The van der Waals surface area contributed by atoms with Crippen molar-refractivity contribution in [3.05, 3.63) is 0 Å². The highest BCUT2D eigenvalue weighted by atomic mass is 16.2. The van der Waals surface area contributed by atoms with E-state index in [1.165, 1.54) is 0 Å².